The summed E-state index contributed by atoms with van der Waals surface area (Å²) < 4.78 is 24.3. The second-order valence-electron chi connectivity index (χ2n) is 2.90. The number of rotatable bonds is 3. The van der Waals surface area contributed by atoms with Gasteiger partial charge in [-0.2, -0.15) is 0 Å². The van der Waals surface area contributed by atoms with Crippen molar-refractivity contribution in [3.63, 3.8) is 0 Å². The Morgan fingerprint density at radius 3 is 2.27 bits per heavy atom. The van der Waals surface area contributed by atoms with Gasteiger partial charge < -0.3 is 11.5 Å². The normalized spacial score (nSPS) is 19.9. The number of halogens is 2. The molecule has 0 aromatic rings. The lowest BCUT2D eigenvalue weighted by Gasteiger charge is -2.09. The molecule has 0 aromatic heterocycles. The zero-order valence-corrected chi connectivity index (χ0v) is 6.06. The first kappa shape index (κ1) is 8.23. The van der Waals surface area contributed by atoms with Crippen LogP contribution in [0.5, 0.6) is 0 Å². The van der Waals surface area contributed by atoms with Crippen molar-refractivity contribution in [3.8, 4) is 0 Å². The van der Waals surface area contributed by atoms with Gasteiger partial charge in [0, 0.05) is 0 Å². The number of hydrogen-bond donors (Lipinski definition) is 2. The van der Waals surface area contributed by atoms with Crippen LogP contribution < -0.4 is 11.5 Å². The van der Waals surface area contributed by atoms with Crippen LogP contribution >= 0.6 is 0 Å². The highest BCUT2D eigenvalue weighted by atomic mass is 19.3. The molecule has 3 nitrogen and oxygen atoms in total. The molecule has 0 aliphatic heterocycles. The third-order valence-corrected chi connectivity index (χ3v) is 1.93. The van der Waals surface area contributed by atoms with Crippen molar-refractivity contribution in [2.75, 3.05) is 6.54 Å². The van der Waals surface area contributed by atoms with Crippen molar-refractivity contribution in [2.24, 2.45) is 21.9 Å². The third kappa shape index (κ3) is 1.78. The van der Waals surface area contributed by atoms with E-state index < -0.39 is 11.8 Å². The summed E-state index contributed by atoms with van der Waals surface area (Å²) in [4.78, 5) is 3.57. The zero-order valence-electron chi connectivity index (χ0n) is 6.06. The SMILES string of the molecule is NC(N)=NCC1(C(F)F)CC1. The molecule has 0 radical (unpaired) electrons. The van der Waals surface area contributed by atoms with Crippen LogP contribution in [-0.2, 0) is 0 Å². The topological polar surface area (TPSA) is 64.4 Å². The number of alkyl halides is 2. The Kier molecular flexibility index (Phi) is 1.97. The van der Waals surface area contributed by atoms with Crippen molar-refractivity contribution in [1.29, 1.82) is 0 Å². The predicted octanol–water partition coefficient (Wildman–Crippen LogP) is 0.305. The van der Waals surface area contributed by atoms with Crippen molar-refractivity contribution in [2.45, 2.75) is 19.3 Å². The van der Waals surface area contributed by atoms with E-state index in [1.54, 1.807) is 0 Å². The Labute approximate surface area is 63.5 Å². The van der Waals surface area contributed by atoms with Gasteiger partial charge in [-0.1, -0.05) is 0 Å². The molecule has 4 N–H and O–H groups in total. The molecule has 0 aromatic carbocycles. The lowest BCUT2D eigenvalue weighted by Crippen LogP contribution is -2.26. The molecular weight excluding hydrogens is 152 g/mol. The van der Waals surface area contributed by atoms with Crippen LogP contribution in [0.15, 0.2) is 4.99 Å². The average Bonchev–Trinajstić information content (AvgIpc) is 2.63. The summed E-state index contributed by atoms with van der Waals surface area (Å²) in [5.74, 6) is -0.114. The largest absolute Gasteiger partial charge is 0.370 e. The average molecular weight is 163 g/mol. The lowest BCUT2D eigenvalue weighted by atomic mass is 10.1. The fourth-order valence-corrected chi connectivity index (χ4v) is 0.855. The molecule has 64 valence electrons. The Morgan fingerprint density at radius 2 is 2.00 bits per heavy atom. The molecular formula is C6H11F2N3. The number of guanidine groups is 1. The van der Waals surface area contributed by atoms with Crippen LogP contribution in [0.1, 0.15) is 12.8 Å². The molecule has 0 spiro atoms. The van der Waals surface area contributed by atoms with Crippen molar-refractivity contribution in [1.82, 2.24) is 0 Å². The van der Waals surface area contributed by atoms with Gasteiger partial charge in [-0.25, -0.2) is 8.78 Å². The van der Waals surface area contributed by atoms with Crippen LogP contribution in [0, 0.1) is 5.41 Å². The molecule has 0 unspecified atom stereocenters. The second kappa shape index (κ2) is 2.64. The molecule has 1 aliphatic carbocycles. The lowest BCUT2D eigenvalue weighted by molar-refractivity contribution is 0.0667. The predicted molar refractivity (Wildman–Crippen MR) is 38.3 cm³/mol. The van der Waals surface area contributed by atoms with E-state index >= 15 is 0 Å². The smallest absolute Gasteiger partial charge is 0.245 e. The Bertz CT molecular complexity index is 171. The first-order chi connectivity index (χ1) is 5.07. The van der Waals surface area contributed by atoms with Gasteiger partial charge in [-0.15, -0.1) is 0 Å². The molecule has 11 heavy (non-hydrogen) atoms. The molecule has 1 aliphatic rings. The van der Waals surface area contributed by atoms with Gasteiger partial charge in [0.1, 0.15) is 0 Å². The van der Waals surface area contributed by atoms with E-state index in [1.807, 2.05) is 0 Å². The molecule has 0 amide bonds. The number of nitrogens with zero attached hydrogens (tertiary/aromatic N) is 1. The molecule has 1 fully saturated rings. The van der Waals surface area contributed by atoms with Gasteiger partial charge in [0.25, 0.3) is 0 Å². The van der Waals surface area contributed by atoms with Crippen molar-refractivity contribution >= 4 is 5.96 Å². The Balaban J connectivity index is 2.42. The van der Waals surface area contributed by atoms with Crippen molar-refractivity contribution < 1.29 is 8.78 Å². The highest BCUT2D eigenvalue weighted by molar-refractivity contribution is 5.75. The zero-order chi connectivity index (χ0) is 8.48. The second-order valence-corrected chi connectivity index (χ2v) is 2.90. The molecule has 0 heterocycles. The Morgan fingerprint density at radius 1 is 1.45 bits per heavy atom. The number of aliphatic imine (C=N–C) groups is 1. The van der Waals surface area contributed by atoms with Gasteiger partial charge in [-0.05, 0) is 12.8 Å². The maximum Gasteiger partial charge on any atom is 0.245 e. The Hall–Kier alpha value is -0.870. The first-order valence-electron chi connectivity index (χ1n) is 3.40. The number of hydrogen-bond acceptors (Lipinski definition) is 1. The van der Waals surface area contributed by atoms with Gasteiger partial charge in [-0.3, -0.25) is 4.99 Å². The molecule has 0 bridgehead atoms. The monoisotopic (exact) mass is 163 g/mol. The highest BCUT2D eigenvalue weighted by Gasteiger charge is 2.50. The maximum atomic E-state index is 12.2. The van der Waals surface area contributed by atoms with Gasteiger partial charge >= 0.3 is 0 Å². The van der Waals surface area contributed by atoms with Gasteiger partial charge in [0.05, 0.1) is 12.0 Å². The van der Waals surface area contributed by atoms with Gasteiger partial charge in [0.15, 0.2) is 5.96 Å². The summed E-state index contributed by atoms with van der Waals surface area (Å²) in [6.07, 6.45) is -1.24. The summed E-state index contributed by atoms with van der Waals surface area (Å²) in [5, 5.41) is 0. The van der Waals surface area contributed by atoms with E-state index in [4.69, 9.17) is 11.5 Å². The standard InChI is InChI=1S/C6H11F2N3/c7-4(8)6(1-2-6)3-11-5(9)10/h4H,1-3H2,(H4,9,10,11). The minimum atomic E-state index is -2.30. The summed E-state index contributed by atoms with van der Waals surface area (Å²) in [5.41, 5.74) is 9.12. The van der Waals surface area contributed by atoms with E-state index in [0.29, 0.717) is 12.8 Å². The summed E-state index contributed by atoms with van der Waals surface area (Å²) in [7, 11) is 0. The molecule has 5 heteroatoms. The molecule has 1 rings (SSSR count). The van der Waals surface area contributed by atoms with Crippen LogP contribution in [0.25, 0.3) is 0 Å². The van der Waals surface area contributed by atoms with Gasteiger partial charge in [0.2, 0.25) is 6.43 Å². The van der Waals surface area contributed by atoms with E-state index in [9.17, 15) is 8.78 Å². The quantitative estimate of drug-likeness (QED) is 0.464. The van der Waals surface area contributed by atoms with Crippen molar-refractivity contribution in [3.05, 3.63) is 0 Å². The fourth-order valence-electron chi connectivity index (χ4n) is 0.855. The summed E-state index contributed by atoms with van der Waals surface area (Å²) in [6.45, 7) is 0.0625. The molecule has 0 atom stereocenters. The maximum absolute atomic E-state index is 12.2. The minimum absolute atomic E-state index is 0.0625. The van der Waals surface area contributed by atoms with E-state index in [2.05, 4.69) is 4.99 Å². The third-order valence-electron chi connectivity index (χ3n) is 1.93. The summed E-state index contributed by atoms with van der Waals surface area (Å²) >= 11 is 0. The van der Waals surface area contributed by atoms with Crippen LogP contribution in [0.2, 0.25) is 0 Å². The fraction of sp³-hybridized carbons (Fsp3) is 0.833. The van der Waals surface area contributed by atoms with Crippen LogP contribution in [0.4, 0.5) is 8.78 Å². The van der Waals surface area contributed by atoms with Crippen LogP contribution in [0.3, 0.4) is 0 Å². The number of nitrogens with two attached hydrogens (primary N) is 2. The van der Waals surface area contributed by atoms with Crippen LogP contribution in [-0.4, -0.2) is 18.9 Å². The van der Waals surface area contributed by atoms with E-state index in [0.717, 1.165) is 0 Å². The molecule has 0 saturated heterocycles. The van der Waals surface area contributed by atoms with E-state index in [-0.39, 0.29) is 12.5 Å². The summed E-state index contributed by atoms with van der Waals surface area (Å²) in [6, 6.07) is 0. The van der Waals surface area contributed by atoms with E-state index in [1.165, 1.54) is 0 Å². The minimum Gasteiger partial charge on any atom is -0.370 e. The molecule has 1 saturated carbocycles. The highest BCUT2D eigenvalue weighted by Crippen LogP contribution is 2.50. The first-order valence-corrected chi connectivity index (χ1v) is 3.40.